The molecule has 1 heterocycles. The van der Waals surface area contributed by atoms with Gasteiger partial charge in [-0.1, -0.05) is 0 Å². The molecular formula is C11H14N6O4S. The van der Waals surface area contributed by atoms with Gasteiger partial charge in [0.05, 0.1) is 12.3 Å². The zero-order valence-electron chi connectivity index (χ0n) is 11.6. The van der Waals surface area contributed by atoms with Gasteiger partial charge in [0.25, 0.3) is 5.95 Å². The summed E-state index contributed by atoms with van der Waals surface area (Å²) >= 11 is 0. The molecular weight excluding hydrogens is 312 g/mol. The smallest absolute Gasteiger partial charge is 0.372 e. The second-order valence-corrected chi connectivity index (χ2v) is 5.29. The molecule has 2 rings (SSSR count). The molecule has 0 bridgehead atoms. The van der Waals surface area contributed by atoms with Crippen LogP contribution >= 0.6 is 0 Å². The van der Waals surface area contributed by atoms with Gasteiger partial charge in [-0.3, -0.25) is 4.55 Å². The fraction of sp³-hybridized carbons (Fsp3) is 0.273. The van der Waals surface area contributed by atoms with Gasteiger partial charge < -0.3 is 9.88 Å². The van der Waals surface area contributed by atoms with Crippen molar-refractivity contribution in [2.24, 2.45) is 10.2 Å². The van der Waals surface area contributed by atoms with Crippen LogP contribution in [0.3, 0.4) is 0 Å². The number of rotatable bonds is 7. The monoisotopic (exact) mass is 326 g/mol. The van der Waals surface area contributed by atoms with E-state index in [2.05, 4.69) is 29.6 Å². The molecule has 0 saturated heterocycles. The summed E-state index contributed by atoms with van der Waals surface area (Å²) in [5.74, 6) is 0.309. The van der Waals surface area contributed by atoms with Crippen molar-refractivity contribution in [2.45, 2.75) is 0 Å². The highest BCUT2D eigenvalue weighted by Crippen LogP contribution is 2.20. The molecule has 0 spiro atoms. The van der Waals surface area contributed by atoms with Crippen LogP contribution in [0.4, 0.5) is 17.3 Å². The van der Waals surface area contributed by atoms with E-state index in [1.165, 1.54) is 6.33 Å². The first-order valence-electron chi connectivity index (χ1n) is 6.15. The zero-order valence-corrected chi connectivity index (χ0v) is 12.4. The van der Waals surface area contributed by atoms with Crippen molar-refractivity contribution in [1.82, 2.24) is 15.2 Å². The van der Waals surface area contributed by atoms with Crippen molar-refractivity contribution in [1.29, 1.82) is 0 Å². The summed E-state index contributed by atoms with van der Waals surface area (Å²) in [4.78, 5) is 4.46. The molecule has 0 amide bonds. The Bertz CT molecular complexity index is 714. The minimum Gasteiger partial charge on any atom is -0.372 e. The Hall–Kier alpha value is -2.37. The number of nitrogens with one attached hydrogen (secondary N) is 1. The first-order chi connectivity index (χ1) is 10.4. The van der Waals surface area contributed by atoms with Gasteiger partial charge in [-0.25, -0.2) is 4.18 Å². The number of likely N-dealkylation sites (N-methyl/N-ethyl adjacent to an activating group) is 1. The fourth-order valence-corrected chi connectivity index (χ4v) is 1.82. The van der Waals surface area contributed by atoms with Crippen LogP contribution < -0.4 is 4.90 Å². The molecule has 0 radical (unpaired) electrons. The highest BCUT2D eigenvalue weighted by atomic mass is 32.3. The number of benzene rings is 1. The standard InChI is InChI=1S/C11H14N6O4S/c1-17(6-7-21-22(18,19)20)10-4-2-9(3-5-10)14-16-11-12-8-13-15-11/h2-5,8H,6-7H2,1H3,(H,12,13,15)(H,18,19,20)/b16-14+. The lowest BCUT2D eigenvalue weighted by molar-refractivity contribution is 0.274. The average Bonchev–Trinajstić information content (AvgIpc) is 2.97. The summed E-state index contributed by atoms with van der Waals surface area (Å²) in [5, 5.41) is 15.1. The zero-order chi connectivity index (χ0) is 16.0. The number of H-pyrrole nitrogens is 1. The van der Waals surface area contributed by atoms with Crippen LogP contribution in [0.25, 0.3) is 0 Å². The van der Waals surface area contributed by atoms with Crippen molar-refractivity contribution in [3.05, 3.63) is 30.6 Å². The largest absolute Gasteiger partial charge is 0.397 e. The SMILES string of the molecule is CN(CCOS(=O)(=O)O)c1ccc(/N=N/c2nnc[nH]2)cc1. The third-order valence-corrected chi connectivity index (χ3v) is 3.08. The van der Waals surface area contributed by atoms with E-state index in [0.717, 1.165) is 5.69 Å². The molecule has 1 aromatic heterocycles. The number of hydrogen-bond donors (Lipinski definition) is 2. The number of aromatic amines is 1. The van der Waals surface area contributed by atoms with Gasteiger partial charge in [0.1, 0.15) is 6.33 Å². The number of hydrogen-bond acceptors (Lipinski definition) is 8. The van der Waals surface area contributed by atoms with Crippen LogP contribution in [0.1, 0.15) is 0 Å². The highest BCUT2D eigenvalue weighted by Gasteiger charge is 2.06. The van der Waals surface area contributed by atoms with Crippen LogP contribution in [-0.2, 0) is 14.6 Å². The van der Waals surface area contributed by atoms with E-state index in [-0.39, 0.29) is 6.61 Å². The maximum absolute atomic E-state index is 10.4. The Balaban J connectivity index is 1.90. The van der Waals surface area contributed by atoms with E-state index in [1.807, 2.05) is 0 Å². The Morgan fingerprint density at radius 2 is 2.05 bits per heavy atom. The minimum absolute atomic E-state index is 0.151. The van der Waals surface area contributed by atoms with Gasteiger partial charge in [-0.2, -0.15) is 8.42 Å². The van der Waals surface area contributed by atoms with Gasteiger partial charge in [0.2, 0.25) is 0 Å². The fourth-order valence-electron chi connectivity index (χ4n) is 1.54. The summed E-state index contributed by atoms with van der Waals surface area (Å²) in [6, 6.07) is 7.08. The topological polar surface area (TPSA) is 133 Å². The molecule has 118 valence electrons. The lowest BCUT2D eigenvalue weighted by Gasteiger charge is -2.18. The molecule has 0 atom stereocenters. The average molecular weight is 326 g/mol. The maximum atomic E-state index is 10.4. The van der Waals surface area contributed by atoms with Gasteiger partial charge in [0, 0.05) is 19.3 Å². The van der Waals surface area contributed by atoms with E-state index in [0.29, 0.717) is 18.2 Å². The van der Waals surface area contributed by atoms with Crippen LogP contribution in [-0.4, -0.2) is 48.4 Å². The number of azo groups is 1. The van der Waals surface area contributed by atoms with E-state index >= 15 is 0 Å². The van der Waals surface area contributed by atoms with Gasteiger partial charge in [-0.05, 0) is 24.3 Å². The van der Waals surface area contributed by atoms with Crippen molar-refractivity contribution in [3.8, 4) is 0 Å². The first-order valence-corrected chi connectivity index (χ1v) is 7.51. The Kier molecular flexibility index (Phi) is 5.14. The molecule has 0 aliphatic heterocycles. The van der Waals surface area contributed by atoms with Gasteiger partial charge in [0.15, 0.2) is 0 Å². The first kappa shape index (κ1) is 16.0. The van der Waals surface area contributed by atoms with E-state index < -0.39 is 10.4 Å². The normalized spacial score (nSPS) is 11.9. The summed E-state index contributed by atoms with van der Waals surface area (Å²) in [5.41, 5.74) is 1.46. The van der Waals surface area contributed by atoms with E-state index in [4.69, 9.17) is 4.55 Å². The van der Waals surface area contributed by atoms with E-state index in [9.17, 15) is 8.42 Å². The summed E-state index contributed by atoms with van der Waals surface area (Å²) < 4.78 is 33.6. The molecule has 22 heavy (non-hydrogen) atoms. The van der Waals surface area contributed by atoms with Crippen LogP contribution in [0.15, 0.2) is 40.8 Å². The molecule has 0 aliphatic rings. The Morgan fingerprint density at radius 1 is 1.32 bits per heavy atom. The quantitative estimate of drug-likeness (QED) is 0.581. The molecule has 0 unspecified atom stereocenters. The van der Waals surface area contributed by atoms with Crippen molar-refractivity contribution < 1.29 is 17.2 Å². The predicted molar refractivity (Wildman–Crippen MR) is 77.8 cm³/mol. The molecule has 2 aromatic rings. The molecule has 0 aliphatic carbocycles. The minimum atomic E-state index is -4.41. The molecule has 0 fully saturated rings. The highest BCUT2D eigenvalue weighted by molar-refractivity contribution is 7.80. The summed E-state index contributed by atoms with van der Waals surface area (Å²) in [6.07, 6.45) is 1.40. The Labute approximate surface area is 126 Å². The number of anilines is 1. The van der Waals surface area contributed by atoms with Crippen molar-refractivity contribution >= 4 is 27.7 Å². The summed E-state index contributed by atoms with van der Waals surface area (Å²) in [6.45, 7) is 0.140. The van der Waals surface area contributed by atoms with Crippen LogP contribution in [0.5, 0.6) is 0 Å². The van der Waals surface area contributed by atoms with Crippen molar-refractivity contribution in [3.63, 3.8) is 0 Å². The molecule has 2 N–H and O–H groups in total. The maximum Gasteiger partial charge on any atom is 0.397 e. The van der Waals surface area contributed by atoms with Crippen molar-refractivity contribution in [2.75, 3.05) is 25.1 Å². The number of nitrogens with zero attached hydrogens (tertiary/aromatic N) is 5. The second-order valence-electron chi connectivity index (χ2n) is 4.20. The second kappa shape index (κ2) is 7.06. The predicted octanol–water partition coefficient (Wildman–Crippen LogP) is 1.48. The third-order valence-electron chi connectivity index (χ3n) is 2.61. The summed E-state index contributed by atoms with van der Waals surface area (Å²) in [7, 11) is -2.64. The molecule has 1 aromatic carbocycles. The van der Waals surface area contributed by atoms with Gasteiger partial charge in [-0.15, -0.1) is 20.4 Å². The lowest BCUT2D eigenvalue weighted by Crippen LogP contribution is -2.23. The van der Waals surface area contributed by atoms with Crippen LogP contribution in [0, 0.1) is 0 Å². The molecule has 11 heteroatoms. The van der Waals surface area contributed by atoms with Gasteiger partial charge >= 0.3 is 10.4 Å². The van der Waals surface area contributed by atoms with Crippen LogP contribution in [0.2, 0.25) is 0 Å². The molecule has 10 nitrogen and oxygen atoms in total. The number of aromatic nitrogens is 3. The lowest BCUT2D eigenvalue weighted by atomic mass is 10.2. The van der Waals surface area contributed by atoms with E-state index in [1.54, 1.807) is 36.2 Å². The Morgan fingerprint density at radius 3 is 2.64 bits per heavy atom. The molecule has 0 saturated carbocycles. The third kappa shape index (κ3) is 5.20.